The highest BCUT2D eigenvalue weighted by molar-refractivity contribution is 5.07. The highest BCUT2D eigenvalue weighted by atomic mass is 14.5. The zero-order valence-electron chi connectivity index (χ0n) is 12.7. The molecule has 2 aliphatic rings. The monoisotopic (exact) mass is 246 g/mol. The zero-order chi connectivity index (χ0) is 13.4. The second-order valence-electron chi connectivity index (χ2n) is 7.32. The van der Waals surface area contributed by atoms with E-state index in [0.29, 0.717) is 0 Å². The predicted octanol–water partition coefficient (Wildman–Crippen LogP) is 5.46. The molecule has 0 nitrogen and oxygen atoms in total. The van der Waals surface area contributed by atoms with Crippen LogP contribution in [0, 0.1) is 35.5 Å². The third kappa shape index (κ3) is 2.58. The maximum absolute atomic E-state index is 4.21. The van der Waals surface area contributed by atoms with E-state index in [1.54, 1.807) is 0 Å². The van der Waals surface area contributed by atoms with Gasteiger partial charge in [0.15, 0.2) is 0 Å². The van der Waals surface area contributed by atoms with Gasteiger partial charge in [-0.3, -0.25) is 0 Å². The predicted molar refractivity (Wildman–Crippen MR) is 80.4 cm³/mol. The summed E-state index contributed by atoms with van der Waals surface area (Å²) in [5.74, 6) is 5.13. The van der Waals surface area contributed by atoms with E-state index in [4.69, 9.17) is 0 Å². The molecule has 18 heavy (non-hydrogen) atoms. The van der Waals surface area contributed by atoms with Gasteiger partial charge in [0.25, 0.3) is 0 Å². The van der Waals surface area contributed by atoms with Crippen molar-refractivity contribution in [3.05, 3.63) is 24.3 Å². The second-order valence-corrected chi connectivity index (χ2v) is 7.32. The van der Waals surface area contributed by atoms with Gasteiger partial charge in [0.2, 0.25) is 0 Å². The molecule has 0 amide bonds. The van der Waals surface area contributed by atoms with E-state index in [0.717, 1.165) is 35.5 Å². The third-order valence-electron chi connectivity index (χ3n) is 5.77. The topological polar surface area (TPSA) is 0 Å². The molecule has 0 aromatic carbocycles. The summed E-state index contributed by atoms with van der Waals surface area (Å²) in [5.41, 5.74) is 2.83. The van der Waals surface area contributed by atoms with Gasteiger partial charge in [0.1, 0.15) is 0 Å². The molecule has 0 bridgehead atoms. The first kappa shape index (κ1) is 13.9. The Morgan fingerprint density at radius 1 is 0.722 bits per heavy atom. The summed E-state index contributed by atoms with van der Waals surface area (Å²) in [6, 6.07) is 0. The van der Waals surface area contributed by atoms with Crippen LogP contribution in [0.25, 0.3) is 0 Å². The van der Waals surface area contributed by atoms with Crippen LogP contribution in [0.5, 0.6) is 0 Å². The Morgan fingerprint density at radius 3 is 1.33 bits per heavy atom. The fraction of sp³-hybridized carbons (Fsp3) is 0.778. The molecular formula is C18H30. The first-order chi connectivity index (χ1) is 8.40. The van der Waals surface area contributed by atoms with Gasteiger partial charge in [-0.15, -0.1) is 0 Å². The van der Waals surface area contributed by atoms with Gasteiger partial charge in [-0.05, 0) is 75.0 Å². The minimum atomic E-state index is 0.778. The van der Waals surface area contributed by atoms with Crippen LogP contribution in [0.1, 0.15) is 53.4 Å². The van der Waals surface area contributed by atoms with Crippen molar-refractivity contribution in [2.75, 3.05) is 0 Å². The summed E-state index contributed by atoms with van der Waals surface area (Å²) in [6.07, 6.45) is 5.63. The fourth-order valence-corrected chi connectivity index (χ4v) is 4.74. The smallest absolute Gasteiger partial charge is 0.0180 e. The Balaban J connectivity index is 2.08. The lowest BCUT2D eigenvalue weighted by Gasteiger charge is -2.48. The SMILES string of the molecule is C=C(C)C1CC2CC(C)C(C(=C)C)CC2CC1C. The molecule has 0 N–H and O–H groups in total. The van der Waals surface area contributed by atoms with E-state index in [1.165, 1.54) is 36.8 Å². The highest BCUT2D eigenvalue weighted by Crippen LogP contribution is 2.51. The quantitative estimate of drug-likeness (QED) is 0.567. The number of fused-ring (bicyclic) bond motifs is 1. The molecule has 0 aromatic heterocycles. The van der Waals surface area contributed by atoms with Crippen LogP contribution in [-0.4, -0.2) is 0 Å². The van der Waals surface area contributed by atoms with E-state index in [1.807, 2.05) is 0 Å². The maximum Gasteiger partial charge on any atom is -0.0180 e. The number of hydrogen-bond donors (Lipinski definition) is 0. The molecule has 0 heteroatoms. The van der Waals surface area contributed by atoms with Gasteiger partial charge in [-0.2, -0.15) is 0 Å². The van der Waals surface area contributed by atoms with Crippen LogP contribution in [0.3, 0.4) is 0 Å². The number of rotatable bonds is 2. The zero-order valence-corrected chi connectivity index (χ0v) is 12.7. The van der Waals surface area contributed by atoms with Crippen LogP contribution >= 0.6 is 0 Å². The largest absolute Gasteiger partial charge is 0.0999 e. The van der Waals surface area contributed by atoms with Crippen molar-refractivity contribution < 1.29 is 0 Å². The Hall–Kier alpha value is -0.520. The molecular weight excluding hydrogens is 216 g/mol. The first-order valence-corrected chi connectivity index (χ1v) is 7.71. The first-order valence-electron chi connectivity index (χ1n) is 7.71. The molecule has 0 radical (unpaired) electrons. The Morgan fingerprint density at radius 2 is 1.06 bits per heavy atom. The third-order valence-corrected chi connectivity index (χ3v) is 5.77. The molecule has 2 aliphatic carbocycles. The van der Waals surface area contributed by atoms with Crippen molar-refractivity contribution in [3.8, 4) is 0 Å². The maximum atomic E-state index is 4.21. The van der Waals surface area contributed by atoms with Gasteiger partial charge < -0.3 is 0 Å². The molecule has 6 atom stereocenters. The van der Waals surface area contributed by atoms with Crippen LogP contribution in [0.2, 0.25) is 0 Å². The Labute approximate surface area is 114 Å². The molecule has 0 heterocycles. The molecule has 2 rings (SSSR count). The van der Waals surface area contributed by atoms with Crippen molar-refractivity contribution in [1.29, 1.82) is 0 Å². The molecule has 6 unspecified atom stereocenters. The number of hydrogen-bond acceptors (Lipinski definition) is 0. The average molecular weight is 246 g/mol. The molecule has 2 saturated carbocycles. The molecule has 0 spiro atoms. The fourth-order valence-electron chi connectivity index (χ4n) is 4.74. The van der Waals surface area contributed by atoms with E-state index in [-0.39, 0.29) is 0 Å². The minimum Gasteiger partial charge on any atom is -0.0999 e. The van der Waals surface area contributed by atoms with Crippen molar-refractivity contribution >= 4 is 0 Å². The van der Waals surface area contributed by atoms with Gasteiger partial charge in [-0.1, -0.05) is 38.2 Å². The summed E-state index contributed by atoms with van der Waals surface area (Å²) < 4.78 is 0. The standard InChI is InChI=1S/C18H30/c1-11(2)17-9-15-8-14(6)18(12(3)4)10-16(15)7-13(17)5/h13-18H,1,3,7-10H2,2,4-6H3. The van der Waals surface area contributed by atoms with E-state index in [9.17, 15) is 0 Å². The molecule has 102 valence electrons. The van der Waals surface area contributed by atoms with Crippen molar-refractivity contribution in [2.45, 2.75) is 53.4 Å². The molecule has 2 fully saturated rings. The summed E-state index contributed by atoms with van der Waals surface area (Å²) in [7, 11) is 0. The molecule has 0 aromatic rings. The molecule has 0 aliphatic heterocycles. The lowest BCUT2D eigenvalue weighted by atomic mass is 9.58. The van der Waals surface area contributed by atoms with E-state index >= 15 is 0 Å². The van der Waals surface area contributed by atoms with Crippen LogP contribution < -0.4 is 0 Å². The lowest BCUT2D eigenvalue weighted by molar-refractivity contribution is 0.0558. The summed E-state index contributed by atoms with van der Waals surface area (Å²) in [4.78, 5) is 0. The summed E-state index contributed by atoms with van der Waals surface area (Å²) in [5, 5.41) is 0. The summed E-state index contributed by atoms with van der Waals surface area (Å²) in [6.45, 7) is 17.8. The van der Waals surface area contributed by atoms with Crippen molar-refractivity contribution in [1.82, 2.24) is 0 Å². The lowest BCUT2D eigenvalue weighted by Crippen LogP contribution is -2.38. The van der Waals surface area contributed by atoms with E-state index < -0.39 is 0 Å². The van der Waals surface area contributed by atoms with Gasteiger partial charge in [0, 0.05) is 0 Å². The van der Waals surface area contributed by atoms with Crippen LogP contribution in [0.4, 0.5) is 0 Å². The van der Waals surface area contributed by atoms with Gasteiger partial charge >= 0.3 is 0 Å². The summed E-state index contributed by atoms with van der Waals surface area (Å²) >= 11 is 0. The molecule has 0 saturated heterocycles. The number of allylic oxidation sites excluding steroid dienone is 2. The van der Waals surface area contributed by atoms with Crippen molar-refractivity contribution in [2.24, 2.45) is 35.5 Å². The Kier molecular flexibility index (Phi) is 4.04. The second kappa shape index (κ2) is 5.23. The van der Waals surface area contributed by atoms with E-state index in [2.05, 4.69) is 40.9 Å². The van der Waals surface area contributed by atoms with Crippen LogP contribution in [0.15, 0.2) is 24.3 Å². The van der Waals surface area contributed by atoms with Gasteiger partial charge in [0.05, 0.1) is 0 Å². The van der Waals surface area contributed by atoms with Crippen molar-refractivity contribution in [3.63, 3.8) is 0 Å². The van der Waals surface area contributed by atoms with Gasteiger partial charge in [-0.25, -0.2) is 0 Å². The van der Waals surface area contributed by atoms with Crippen LogP contribution in [-0.2, 0) is 0 Å². The Bertz CT molecular complexity index is 304. The average Bonchev–Trinajstić information content (AvgIpc) is 2.27. The normalized spacial score (nSPS) is 44.2. The highest BCUT2D eigenvalue weighted by Gasteiger charge is 2.41. The minimum absolute atomic E-state index is 0.778.